The van der Waals surface area contributed by atoms with Crippen LogP contribution in [0.15, 0.2) is 24.3 Å². The lowest BCUT2D eigenvalue weighted by Crippen LogP contribution is -2.53. The zero-order valence-corrected chi connectivity index (χ0v) is 11.0. The molecule has 98 valence electrons. The third kappa shape index (κ3) is 2.60. The number of esters is 1. The molecule has 5 heteroatoms. The van der Waals surface area contributed by atoms with Crippen molar-refractivity contribution in [2.24, 2.45) is 0 Å². The van der Waals surface area contributed by atoms with E-state index < -0.39 is 5.54 Å². The first kappa shape index (κ1) is 13.2. The molecule has 4 nitrogen and oxygen atoms in total. The number of hydrogen-bond donors (Lipinski definition) is 1. The minimum absolute atomic E-state index is 0.297. The Kier molecular flexibility index (Phi) is 4.09. The van der Waals surface area contributed by atoms with E-state index in [4.69, 9.17) is 21.1 Å². The molecule has 1 fully saturated rings. The van der Waals surface area contributed by atoms with Crippen molar-refractivity contribution >= 4 is 23.3 Å². The van der Waals surface area contributed by atoms with Gasteiger partial charge >= 0.3 is 5.97 Å². The maximum absolute atomic E-state index is 12.0. The molecule has 1 heterocycles. The largest absolute Gasteiger partial charge is 0.467 e. The quantitative estimate of drug-likeness (QED) is 0.857. The van der Waals surface area contributed by atoms with E-state index in [2.05, 4.69) is 5.32 Å². The third-order valence-corrected chi connectivity index (χ3v) is 3.39. The van der Waals surface area contributed by atoms with Crippen LogP contribution in [0.4, 0.5) is 5.69 Å². The van der Waals surface area contributed by atoms with Crippen LogP contribution >= 0.6 is 11.6 Å². The maximum atomic E-state index is 12.0. The number of halogens is 1. The van der Waals surface area contributed by atoms with Crippen molar-refractivity contribution in [1.29, 1.82) is 0 Å². The Bertz CT molecular complexity index is 430. The van der Waals surface area contributed by atoms with Crippen molar-refractivity contribution in [2.45, 2.75) is 18.4 Å². The van der Waals surface area contributed by atoms with Gasteiger partial charge in [0.2, 0.25) is 0 Å². The number of carbonyl (C=O) groups is 1. The predicted molar refractivity (Wildman–Crippen MR) is 69.9 cm³/mol. The van der Waals surface area contributed by atoms with E-state index in [1.807, 2.05) is 18.2 Å². The SMILES string of the molecule is COC(=O)C1(Nc2ccccc2Cl)CCCOC1. The van der Waals surface area contributed by atoms with Crippen LogP contribution in [0.1, 0.15) is 12.8 Å². The van der Waals surface area contributed by atoms with E-state index >= 15 is 0 Å². The second-order valence-electron chi connectivity index (χ2n) is 4.33. The summed E-state index contributed by atoms with van der Waals surface area (Å²) in [6.07, 6.45) is 1.48. The van der Waals surface area contributed by atoms with Crippen LogP contribution in [-0.4, -0.2) is 31.8 Å². The fraction of sp³-hybridized carbons (Fsp3) is 0.462. The Morgan fingerprint density at radius 2 is 2.28 bits per heavy atom. The standard InChI is InChI=1S/C13H16ClNO3/c1-17-12(16)13(7-4-8-18-9-13)15-11-6-3-2-5-10(11)14/h2-3,5-6,15H,4,7-9H2,1H3. The van der Waals surface area contributed by atoms with Crippen LogP contribution < -0.4 is 5.32 Å². The molecule has 1 saturated heterocycles. The van der Waals surface area contributed by atoms with E-state index in [0.29, 0.717) is 24.7 Å². The maximum Gasteiger partial charge on any atom is 0.333 e. The monoisotopic (exact) mass is 269 g/mol. The van der Waals surface area contributed by atoms with Crippen molar-refractivity contribution in [3.05, 3.63) is 29.3 Å². The summed E-state index contributed by atoms with van der Waals surface area (Å²) in [6.45, 7) is 0.966. The summed E-state index contributed by atoms with van der Waals surface area (Å²) in [5.74, 6) is -0.317. The summed E-state index contributed by atoms with van der Waals surface area (Å²) >= 11 is 6.10. The highest BCUT2D eigenvalue weighted by Gasteiger charge is 2.42. The first-order valence-corrected chi connectivity index (χ1v) is 6.25. The highest BCUT2D eigenvalue weighted by molar-refractivity contribution is 6.33. The van der Waals surface area contributed by atoms with Crippen molar-refractivity contribution in [1.82, 2.24) is 0 Å². The minimum atomic E-state index is -0.835. The predicted octanol–water partition coefficient (Wildman–Crippen LogP) is 2.47. The summed E-state index contributed by atoms with van der Waals surface area (Å²) in [7, 11) is 1.38. The van der Waals surface area contributed by atoms with Crippen LogP contribution in [0.3, 0.4) is 0 Å². The van der Waals surface area contributed by atoms with Gasteiger partial charge in [-0.25, -0.2) is 4.79 Å². The summed E-state index contributed by atoms with van der Waals surface area (Å²) in [4.78, 5) is 12.0. The van der Waals surface area contributed by atoms with Gasteiger partial charge in [0.25, 0.3) is 0 Å². The van der Waals surface area contributed by atoms with Crippen LogP contribution in [-0.2, 0) is 14.3 Å². The number of methoxy groups -OCH3 is 1. The second kappa shape index (κ2) is 5.59. The molecular weight excluding hydrogens is 254 g/mol. The van der Waals surface area contributed by atoms with Gasteiger partial charge in [0.1, 0.15) is 0 Å². The summed E-state index contributed by atoms with van der Waals surface area (Å²) in [5.41, 5.74) is -0.118. The van der Waals surface area contributed by atoms with Gasteiger partial charge in [-0.05, 0) is 25.0 Å². The summed E-state index contributed by atoms with van der Waals surface area (Å²) in [5, 5.41) is 3.76. The van der Waals surface area contributed by atoms with Gasteiger partial charge in [-0.3, -0.25) is 0 Å². The van der Waals surface area contributed by atoms with Crippen molar-refractivity contribution in [2.75, 3.05) is 25.6 Å². The van der Waals surface area contributed by atoms with E-state index in [9.17, 15) is 4.79 Å². The molecule has 1 aliphatic rings. The molecule has 0 saturated carbocycles. The fourth-order valence-corrected chi connectivity index (χ4v) is 2.30. The molecule has 1 atom stereocenters. The van der Waals surface area contributed by atoms with Gasteiger partial charge in [0.15, 0.2) is 5.54 Å². The van der Waals surface area contributed by atoms with Gasteiger partial charge in [-0.15, -0.1) is 0 Å². The van der Waals surface area contributed by atoms with Crippen LogP contribution in [0, 0.1) is 0 Å². The van der Waals surface area contributed by atoms with Gasteiger partial charge in [-0.1, -0.05) is 23.7 Å². The molecule has 1 N–H and O–H groups in total. The second-order valence-corrected chi connectivity index (χ2v) is 4.74. The number of para-hydroxylation sites is 1. The highest BCUT2D eigenvalue weighted by Crippen LogP contribution is 2.29. The first-order chi connectivity index (χ1) is 8.68. The Morgan fingerprint density at radius 1 is 1.50 bits per heavy atom. The molecule has 1 aromatic carbocycles. The normalized spacial score (nSPS) is 23.4. The lowest BCUT2D eigenvalue weighted by molar-refractivity contribution is -0.150. The van der Waals surface area contributed by atoms with Crippen LogP contribution in [0.2, 0.25) is 5.02 Å². The Morgan fingerprint density at radius 3 is 2.89 bits per heavy atom. The zero-order chi connectivity index (χ0) is 13.0. The van der Waals surface area contributed by atoms with E-state index in [-0.39, 0.29) is 5.97 Å². The molecule has 18 heavy (non-hydrogen) atoms. The number of hydrogen-bond acceptors (Lipinski definition) is 4. The number of rotatable bonds is 3. The van der Waals surface area contributed by atoms with Crippen LogP contribution in [0.5, 0.6) is 0 Å². The van der Waals surface area contributed by atoms with E-state index in [0.717, 1.165) is 12.1 Å². The summed E-state index contributed by atoms with van der Waals surface area (Å²) < 4.78 is 10.3. The number of carbonyl (C=O) groups excluding carboxylic acids is 1. The highest BCUT2D eigenvalue weighted by atomic mass is 35.5. The molecule has 1 aliphatic heterocycles. The number of nitrogens with one attached hydrogen (secondary N) is 1. The van der Waals surface area contributed by atoms with E-state index in [1.165, 1.54) is 7.11 Å². The Hall–Kier alpha value is -1.26. The Labute approximate surface area is 111 Å². The molecule has 0 amide bonds. The number of benzene rings is 1. The lowest BCUT2D eigenvalue weighted by Gasteiger charge is -2.36. The molecule has 0 radical (unpaired) electrons. The van der Waals surface area contributed by atoms with Crippen molar-refractivity contribution in [3.63, 3.8) is 0 Å². The lowest BCUT2D eigenvalue weighted by atomic mass is 9.92. The van der Waals surface area contributed by atoms with Crippen molar-refractivity contribution < 1.29 is 14.3 Å². The molecule has 1 aromatic rings. The number of anilines is 1. The Balaban J connectivity index is 2.25. The minimum Gasteiger partial charge on any atom is -0.467 e. The molecule has 0 bridgehead atoms. The molecule has 0 aliphatic carbocycles. The van der Waals surface area contributed by atoms with Crippen LogP contribution in [0.25, 0.3) is 0 Å². The van der Waals surface area contributed by atoms with Gasteiger partial charge in [0, 0.05) is 6.61 Å². The van der Waals surface area contributed by atoms with E-state index in [1.54, 1.807) is 6.07 Å². The van der Waals surface area contributed by atoms with Gasteiger partial charge in [0.05, 0.1) is 24.4 Å². The zero-order valence-electron chi connectivity index (χ0n) is 10.2. The molecule has 1 unspecified atom stereocenters. The van der Waals surface area contributed by atoms with Gasteiger partial charge in [-0.2, -0.15) is 0 Å². The molecule has 0 aromatic heterocycles. The molecule has 0 spiro atoms. The van der Waals surface area contributed by atoms with Crippen molar-refractivity contribution in [3.8, 4) is 0 Å². The first-order valence-electron chi connectivity index (χ1n) is 5.87. The smallest absolute Gasteiger partial charge is 0.333 e. The van der Waals surface area contributed by atoms with Gasteiger partial charge < -0.3 is 14.8 Å². The summed E-state index contributed by atoms with van der Waals surface area (Å²) in [6, 6.07) is 7.32. The average Bonchev–Trinajstić information content (AvgIpc) is 2.41. The molecular formula is C13H16ClNO3. The third-order valence-electron chi connectivity index (χ3n) is 3.06. The number of ether oxygens (including phenoxy) is 2. The fourth-order valence-electron chi connectivity index (χ4n) is 2.12. The topological polar surface area (TPSA) is 47.6 Å². The average molecular weight is 270 g/mol. The molecule has 2 rings (SSSR count).